The highest BCUT2D eigenvalue weighted by Crippen LogP contribution is 2.27. The first-order valence-corrected chi connectivity index (χ1v) is 7.90. The Morgan fingerprint density at radius 3 is 2.60 bits per heavy atom. The Balaban J connectivity index is 2.04. The minimum atomic E-state index is -0.161. The second-order valence-electron chi connectivity index (χ2n) is 5.87. The van der Waals surface area contributed by atoms with Crippen molar-refractivity contribution in [1.82, 2.24) is 16.0 Å². The fourth-order valence-corrected chi connectivity index (χ4v) is 2.69. The molecule has 0 bridgehead atoms. The zero-order valence-corrected chi connectivity index (χ0v) is 12.8. The van der Waals surface area contributed by atoms with Gasteiger partial charge in [0.25, 0.3) is 0 Å². The van der Waals surface area contributed by atoms with Crippen molar-refractivity contribution in [3.63, 3.8) is 0 Å². The molecule has 116 valence electrons. The van der Waals surface area contributed by atoms with Crippen LogP contribution in [0.1, 0.15) is 52.4 Å². The van der Waals surface area contributed by atoms with Crippen molar-refractivity contribution >= 4 is 11.9 Å². The quantitative estimate of drug-likeness (QED) is 0.669. The molecule has 0 aromatic heterocycles. The van der Waals surface area contributed by atoms with Crippen LogP contribution in [0.3, 0.4) is 0 Å². The fourth-order valence-electron chi connectivity index (χ4n) is 2.69. The minimum Gasteiger partial charge on any atom is -0.356 e. The van der Waals surface area contributed by atoms with E-state index in [0.29, 0.717) is 25.4 Å². The summed E-state index contributed by atoms with van der Waals surface area (Å²) >= 11 is 0. The minimum absolute atomic E-state index is 0.00625. The number of hydrogen-bond acceptors (Lipinski definition) is 2. The molecular formula is C15H29N3O2. The highest BCUT2D eigenvalue weighted by molar-refractivity contribution is 5.78. The highest BCUT2D eigenvalue weighted by Gasteiger charge is 2.19. The summed E-state index contributed by atoms with van der Waals surface area (Å²) in [4.78, 5) is 23.0. The summed E-state index contributed by atoms with van der Waals surface area (Å²) < 4.78 is 0. The molecule has 0 aromatic rings. The van der Waals surface area contributed by atoms with Crippen molar-refractivity contribution in [1.29, 1.82) is 0 Å². The van der Waals surface area contributed by atoms with E-state index in [4.69, 9.17) is 0 Å². The van der Waals surface area contributed by atoms with Gasteiger partial charge in [0.1, 0.15) is 0 Å². The van der Waals surface area contributed by atoms with Crippen molar-refractivity contribution in [3.05, 3.63) is 0 Å². The lowest BCUT2D eigenvalue weighted by Gasteiger charge is -2.26. The van der Waals surface area contributed by atoms with E-state index < -0.39 is 0 Å². The van der Waals surface area contributed by atoms with Gasteiger partial charge < -0.3 is 16.0 Å². The van der Waals surface area contributed by atoms with Gasteiger partial charge in [0.05, 0.1) is 0 Å². The Kier molecular flexibility index (Phi) is 8.07. The van der Waals surface area contributed by atoms with Crippen molar-refractivity contribution in [2.45, 2.75) is 52.4 Å². The Morgan fingerprint density at radius 2 is 1.90 bits per heavy atom. The third kappa shape index (κ3) is 7.36. The van der Waals surface area contributed by atoms with Gasteiger partial charge in [-0.2, -0.15) is 0 Å². The van der Waals surface area contributed by atoms with Crippen LogP contribution < -0.4 is 16.0 Å². The third-order valence-electron chi connectivity index (χ3n) is 3.81. The topological polar surface area (TPSA) is 70.2 Å². The lowest BCUT2D eigenvalue weighted by atomic mass is 9.82. The van der Waals surface area contributed by atoms with Crippen LogP contribution in [0.25, 0.3) is 0 Å². The summed E-state index contributed by atoms with van der Waals surface area (Å²) in [6, 6.07) is -0.161. The van der Waals surface area contributed by atoms with Crippen LogP contribution in [0.4, 0.5) is 4.79 Å². The Hall–Kier alpha value is -1.26. The van der Waals surface area contributed by atoms with E-state index >= 15 is 0 Å². The van der Waals surface area contributed by atoms with Gasteiger partial charge >= 0.3 is 6.03 Å². The average molecular weight is 283 g/mol. The van der Waals surface area contributed by atoms with Crippen LogP contribution >= 0.6 is 0 Å². The molecule has 0 radical (unpaired) electrons. The number of carbonyl (C=O) groups is 2. The first kappa shape index (κ1) is 16.8. The molecule has 0 aliphatic heterocycles. The molecule has 3 amide bonds. The number of nitrogens with one attached hydrogen (secondary N) is 3. The molecule has 20 heavy (non-hydrogen) atoms. The predicted molar refractivity (Wildman–Crippen MR) is 80.4 cm³/mol. The molecule has 5 heteroatoms. The number of carbonyl (C=O) groups excluding carboxylic acids is 2. The summed E-state index contributed by atoms with van der Waals surface area (Å²) in [5, 5.41) is 8.42. The molecule has 2 atom stereocenters. The number of hydrogen-bond donors (Lipinski definition) is 3. The maximum atomic E-state index is 11.6. The number of urea groups is 1. The van der Waals surface area contributed by atoms with Gasteiger partial charge in [-0.1, -0.05) is 26.7 Å². The summed E-state index contributed by atoms with van der Waals surface area (Å²) in [6.45, 7) is 6.13. The van der Waals surface area contributed by atoms with Gasteiger partial charge in [0, 0.05) is 26.1 Å². The van der Waals surface area contributed by atoms with Crippen molar-refractivity contribution in [2.24, 2.45) is 11.8 Å². The first-order chi connectivity index (χ1) is 9.61. The predicted octanol–water partition coefficient (Wildman–Crippen LogP) is 2.03. The second kappa shape index (κ2) is 9.61. The van der Waals surface area contributed by atoms with E-state index in [1.54, 1.807) is 0 Å². The molecule has 0 spiro atoms. The molecule has 1 aliphatic carbocycles. The highest BCUT2D eigenvalue weighted by atomic mass is 16.2. The third-order valence-corrected chi connectivity index (χ3v) is 3.81. The van der Waals surface area contributed by atoms with E-state index in [2.05, 4.69) is 22.9 Å². The Bertz CT molecular complexity index is 307. The van der Waals surface area contributed by atoms with Gasteiger partial charge in [-0.15, -0.1) is 0 Å². The zero-order chi connectivity index (χ0) is 14.8. The van der Waals surface area contributed by atoms with Crippen LogP contribution in [-0.2, 0) is 4.79 Å². The molecule has 0 aromatic carbocycles. The smallest absolute Gasteiger partial charge is 0.314 e. The largest absolute Gasteiger partial charge is 0.356 e. The molecule has 0 saturated heterocycles. The van der Waals surface area contributed by atoms with Crippen LogP contribution in [0.5, 0.6) is 0 Å². The van der Waals surface area contributed by atoms with Crippen molar-refractivity contribution in [3.8, 4) is 0 Å². The SMILES string of the molecule is CCCNC(=O)CCNC(=O)NCC1CCCC(C)C1. The van der Waals surface area contributed by atoms with Gasteiger partial charge in [0.15, 0.2) is 0 Å². The Labute approximate surface area is 122 Å². The molecule has 2 unspecified atom stereocenters. The fraction of sp³-hybridized carbons (Fsp3) is 0.867. The van der Waals surface area contributed by atoms with E-state index in [0.717, 1.165) is 18.9 Å². The van der Waals surface area contributed by atoms with E-state index in [9.17, 15) is 9.59 Å². The van der Waals surface area contributed by atoms with Crippen LogP contribution in [0.2, 0.25) is 0 Å². The van der Waals surface area contributed by atoms with Crippen LogP contribution in [0.15, 0.2) is 0 Å². The molecule has 5 nitrogen and oxygen atoms in total. The van der Waals surface area contributed by atoms with Crippen molar-refractivity contribution < 1.29 is 9.59 Å². The molecule has 1 aliphatic rings. The zero-order valence-electron chi connectivity index (χ0n) is 12.8. The van der Waals surface area contributed by atoms with Gasteiger partial charge in [-0.25, -0.2) is 4.79 Å². The first-order valence-electron chi connectivity index (χ1n) is 7.90. The van der Waals surface area contributed by atoms with E-state index in [1.807, 2.05) is 6.92 Å². The lowest BCUT2D eigenvalue weighted by Crippen LogP contribution is -2.40. The molecule has 1 fully saturated rings. The molecule has 1 rings (SSSR count). The van der Waals surface area contributed by atoms with Gasteiger partial charge in [0.2, 0.25) is 5.91 Å². The summed E-state index contributed by atoms with van der Waals surface area (Å²) in [5.41, 5.74) is 0. The van der Waals surface area contributed by atoms with Crippen molar-refractivity contribution in [2.75, 3.05) is 19.6 Å². The summed E-state index contributed by atoms with van der Waals surface area (Å²) in [7, 11) is 0. The second-order valence-corrected chi connectivity index (χ2v) is 5.87. The molecule has 1 saturated carbocycles. The van der Waals surface area contributed by atoms with Crippen LogP contribution in [-0.4, -0.2) is 31.6 Å². The molecule has 3 N–H and O–H groups in total. The van der Waals surface area contributed by atoms with E-state index in [1.165, 1.54) is 25.7 Å². The Morgan fingerprint density at radius 1 is 1.10 bits per heavy atom. The number of rotatable bonds is 7. The monoisotopic (exact) mass is 283 g/mol. The summed E-state index contributed by atoms with van der Waals surface area (Å²) in [5.74, 6) is 1.38. The molecular weight excluding hydrogens is 254 g/mol. The van der Waals surface area contributed by atoms with Gasteiger partial charge in [-0.3, -0.25) is 4.79 Å². The maximum Gasteiger partial charge on any atom is 0.314 e. The average Bonchev–Trinajstić information content (AvgIpc) is 2.43. The van der Waals surface area contributed by atoms with Gasteiger partial charge in [-0.05, 0) is 31.1 Å². The van der Waals surface area contributed by atoms with E-state index in [-0.39, 0.29) is 11.9 Å². The van der Waals surface area contributed by atoms with Crippen LogP contribution in [0, 0.1) is 11.8 Å². The molecule has 0 heterocycles. The normalized spacial score (nSPS) is 22.1. The standard InChI is InChI=1S/C15H29N3O2/c1-3-8-16-14(19)7-9-17-15(20)18-11-13-6-4-5-12(2)10-13/h12-13H,3-11H2,1-2H3,(H,16,19)(H2,17,18,20). The summed E-state index contributed by atoms with van der Waals surface area (Å²) in [6.07, 6.45) is 6.28. The number of amides is 3. The maximum absolute atomic E-state index is 11.6. The lowest BCUT2D eigenvalue weighted by molar-refractivity contribution is -0.120.